The number of nitrogens with zero attached hydrogens (tertiary/aromatic N) is 3. The van der Waals surface area contributed by atoms with Gasteiger partial charge in [-0.25, -0.2) is 9.97 Å². The minimum absolute atomic E-state index is 0.0389. The van der Waals surface area contributed by atoms with Crippen LogP contribution in [0.1, 0.15) is 35.3 Å². The van der Waals surface area contributed by atoms with Crippen LogP contribution in [0, 0.1) is 5.92 Å². The van der Waals surface area contributed by atoms with Crippen molar-refractivity contribution in [3.05, 3.63) is 52.8 Å². The number of anilines is 1. The number of carbonyl (C=O) groups excluding carboxylic acids is 1. The molecule has 0 saturated carbocycles. The Kier molecular flexibility index (Phi) is 4.63. The van der Waals surface area contributed by atoms with Crippen molar-refractivity contribution in [3.8, 4) is 11.4 Å². The third-order valence-corrected chi connectivity index (χ3v) is 4.82. The van der Waals surface area contributed by atoms with E-state index in [1.165, 1.54) is 0 Å². The molecule has 7 heteroatoms. The van der Waals surface area contributed by atoms with E-state index in [0.29, 0.717) is 16.3 Å². The molecule has 0 radical (unpaired) electrons. The molecule has 0 fully saturated rings. The summed E-state index contributed by atoms with van der Waals surface area (Å²) in [5, 5.41) is 0.652. The molecule has 2 aromatic heterocycles. The van der Waals surface area contributed by atoms with Crippen LogP contribution >= 0.6 is 11.6 Å². The maximum absolute atomic E-state index is 12.1. The Balaban J connectivity index is 2.19. The maximum Gasteiger partial charge on any atom is 0.250 e. The Labute approximate surface area is 151 Å². The minimum Gasteiger partial charge on any atom is -0.368 e. The number of aromatic nitrogens is 3. The van der Waals surface area contributed by atoms with Crippen molar-refractivity contribution in [2.24, 2.45) is 18.7 Å². The summed E-state index contributed by atoms with van der Waals surface area (Å²) < 4.78 is 1.94. The summed E-state index contributed by atoms with van der Waals surface area (Å²) in [5.41, 5.74) is 14.0. The second kappa shape index (κ2) is 6.72. The molecule has 25 heavy (non-hydrogen) atoms. The second-order valence-electron chi connectivity index (χ2n) is 6.06. The highest BCUT2D eigenvalue weighted by molar-refractivity contribution is 6.31. The van der Waals surface area contributed by atoms with Crippen molar-refractivity contribution < 1.29 is 4.79 Å². The van der Waals surface area contributed by atoms with Crippen LogP contribution in [-0.2, 0) is 7.05 Å². The van der Waals surface area contributed by atoms with Gasteiger partial charge in [0.05, 0.1) is 17.0 Å². The number of hydrogen-bond acceptors (Lipinski definition) is 4. The van der Waals surface area contributed by atoms with Gasteiger partial charge in [0.1, 0.15) is 0 Å². The molecule has 2 aromatic rings. The maximum atomic E-state index is 12.1. The predicted octanol–water partition coefficient (Wildman–Crippen LogP) is 2.97. The Morgan fingerprint density at radius 3 is 2.84 bits per heavy atom. The van der Waals surface area contributed by atoms with Gasteiger partial charge >= 0.3 is 0 Å². The van der Waals surface area contributed by atoms with E-state index in [4.69, 9.17) is 23.1 Å². The Hall–Kier alpha value is -2.60. The summed E-state index contributed by atoms with van der Waals surface area (Å²) in [7, 11) is 1.89. The highest BCUT2D eigenvalue weighted by Gasteiger charge is 2.29. The molecule has 1 aliphatic carbocycles. The molecular weight excluding hydrogens is 338 g/mol. The van der Waals surface area contributed by atoms with Crippen LogP contribution in [0.25, 0.3) is 11.4 Å². The van der Waals surface area contributed by atoms with Crippen molar-refractivity contribution in [2.45, 2.75) is 19.3 Å². The number of hydrogen-bond donors (Lipinski definition) is 2. The van der Waals surface area contributed by atoms with Gasteiger partial charge in [-0.1, -0.05) is 30.7 Å². The molecule has 6 nitrogen and oxygen atoms in total. The van der Waals surface area contributed by atoms with Crippen molar-refractivity contribution in [1.82, 2.24) is 14.5 Å². The van der Waals surface area contributed by atoms with E-state index >= 15 is 0 Å². The van der Waals surface area contributed by atoms with Gasteiger partial charge in [-0.15, -0.1) is 0 Å². The summed E-state index contributed by atoms with van der Waals surface area (Å²) in [6.07, 6.45) is 8.44. The van der Waals surface area contributed by atoms with E-state index in [1.54, 1.807) is 18.3 Å². The van der Waals surface area contributed by atoms with Gasteiger partial charge in [0, 0.05) is 29.9 Å². The third-order valence-electron chi connectivity index (χ3n) is 4.57. The van der Waals surface area contributed by atoms with E-state index in [9.17, 15) is 4.79 Å². The fourth-order valence-corrected chi connectivity index (χ4v) is 3.55. The second-order valence-corrected chi connectivity index (χ2v) is 6.50. The highest BCUT2D eigenvalue weighted by Crippen LogP contribution is 2.39. The van der Waals surface area contributed by atoms with Crippen LogP contribution < -0.4 is 11.5 Å². The number of carbonyl (C=O) groups is 1. The van der Waals surface area contributed by atoms with Gasteiger partial charge in [-0.2, -0.15) is 0 Å². The van der Waals surface area contributed by atoms with E-state index in [-0.39, 0.29) is 17.8 Å². The molecule has 2 unspecified atom stereocenters. The smallest absolute Gasteiger partial charge is 0.250 e. The number of nitrogen functional groups attached to an aromatic ring is 1. The van der Waals surface area contributed by atoms with Crippen molar-refractivity contribution in [2.75, 3.05) is 5.73 Å². The van der Waals surface area contributed by atoms with Crippen LogP contribution in [0.5, 0.6) is 0 Å². The monoisotopic (exact) mass is 357 g/mol. The first kappa shape index (κ1) is 17.2. The summed E-state index contributed by atoms with van der Waals surface area (Å²) >= 11 is 6.22. The SMILES string of the molecule is CCC1C=CC(Cl)=CC1c1c(C(N)=O)cc(-c2ccnc(N)n2)n1C. The van der Waals surface area contributed by atoms with Crippen molar-refractivity contribution in [3.63, 3.8) is 0 Å². The zero-order chi connectivity index (χ0) is 18.1. The summed E-state index contributed by atoms with van der Waals surface area (Å²) in [4.78, 5) is 20.3. The molecule has 0 aromatic carbocycles. The Morgan fingerprint density at radius 2 is 2.20 bits per heavy atom. The predicted molar refractivity (Wildman–Crippen MR) is 99.0 cm³/mol. The Bertz CT molecular complexity index is 884. The summed E-state index contributed by atoms with van der Waals surface area (Å²) in [6.45, 7) is 2.11. The number of primary amides is 1. The zero-order valence-electron chi connectivity index (χ0n) is 14.1. The lowest BCUT2D eigenvalue weighted by atomic mass is 9.82. The van der Waals surface area contributed by atoms with Crippen LogP contribution in [-0.4, -0.2) is 20.4 Å². The number of rotatable bonds is 4. The molecule has 1 amide bonds. The standard InChI is InChI=1S/C18H20ClN5O/c1-3-10-4-5-11(19)8-12(10)16-13(17(20)25)9-15(24(16)2)14-6-7-22-18(21)23-14/h4-10,12H,3H2,1-2H3,(H2,20,25)(H2,21,22,23). The largest absolute Gasteiger partial charge is 0.368 e. The molecule has 0 spiro atoms. The summed E-state index contributed by atoms with van der Waals surface area (Å²) in [5.74, 6) is -0.107. The number of allylic oxidation sites excluding steroid dienone is 4. The van der Waals surface area contributed by atoms with Gasteiger partial charge < -0.3 is 16.0 Å². The van der Waals surface area contributed by atoms with Crippen molar-refractivity contribution in [1.29, 1.82) is 0 Å². The molecule has 4 N–H and O–H groups in total. The first-order valence-corrected chi connectivity index (χ1v) is 8.44. The van der Waals surface area contributed by atoms with Gasteiger partial charge in [-0.05, 0) is 30.5 Å². The lowest BCUT2D eigenvalue weighted by molar-refractivity contribution is 0.0999. The molecule has 0 aliphatic heterocycles. The minimum atomic E-state index is -0.479. The topological polar surface area (TPSA) is 99.8 Å². The quantitative estimate of drug-likeness (QED) is 0.878. The molecule has 1 aliphatic rings. The lowest BCUT2D eigenvalue weighted by Gasteiger charge is -2.26. The van der Waals surface area contributed by atoms with Gasteiger partial charge in [-0.3, -0.25) is 4.79 Å². The fourth-order valence-electron chi connectivity index (χ4n) is 3.34. The molecule has 0 bridgehead atoms. The molecule has 2 atom stereocenters. The lowest BCUT2D eigenvalue weighted by Crippen LogP contribution is -2.20. The molecule has 3 rings (SSSR count). The fraction of sp³-hybridized carbons (Fsp3) is 0.278. The number of nitrogens with two attached hydrogens (primary N) is 2. The van der Waals surface area contributed by atoms with E-state index in [2.05, 4.69) is 23.0 Å². The van der Waals surface area contributed by atoms with Crippen molar-refractivity contribution >= 4 is 23.5 Å². The molecule has 2 heterocycles. The number of amides is 1. The van der Waals surface area contributed by atoms with Crippen LogP contribution in [0.2, 0.25) is 0 Å². The Morgan fingerprint density at radius 1 is 1.44 bits per heavy atom. The van der Waals surface area contributed by atoms with Crippen LogP contribution in [0.4, 0.5) is 5.95 Å². The first-order valence-electron chi connectivity index (χ1n) is 8.06. The van der Waals surface area contributed by atoms with Crippen LogP contribution in [0.15, 0.2) is 41.6 Å². The third kappa shape index (κ3) is 3.17. The highest BCUT2D eigenvalue weighted by atomic mass is 35.5. The van der Waals surface area contributed by atoms with Crippen LogP contribution in [0.3, 0.4) is 0 Å². The average molecular weight is 358 g/mol. The molecule has 130 valence electrons. The first-order chi connectivity index (χ1) is 11.9. The molecule has 0 saturated heterocycles. The van der Waals surface area contributed by atoms with Gasteiger partial charge in [0.2, 0.25) is 5.95 Å². The zero-order valence-corrected chi connectivity index (χ0v) is 14.9. The van der Waals surface area contributed by atoms with E-state index < -0.39 is 5.91 Å². The molecular formula is C18H20ClN5O. The van der Waals surface area contributed by atoms with Gasteiger partial charge in [0.15, 0.2) is 0 Å². The normalized spacial score (nSPS) is 19.7. The average Bonchev–Trinajstić information content (AvgIpc) is 2.92. The number of halogens is 1. The van der Waals surface area contributed by atoms with E-state index in [0.717, 1.165) is 17.8 Å². The van der Waals surface area contributed by atoms with E-state index in [1.807, 2.05) is 23.8 Å². The van der Waals surface area contributed by atoms with Gasteiger partial charge in [0.25, 0.3) is 5.91 Å². The summed E-state index contributed by atoms with van der Waals surface area (Å²) in [6, 6.07) is 3.51.